The quantitative estimate of drug-likeness (QED) is 0.866. The molecule has 0 bridgehead atoms. The molecule has 4 nitrogen and oxygen atoms in total. The number of hydrogen-bond acceptors (Lipinski definition) is 3. The first kappa shape index (κ1) is 18.5. The van der Waals surface area contributed by atoms with E-state index in [1.54, 1.807) is 0 Å². The maximum atomic E-state index is 12.2. The van der Waals surface area contributed by atoms with Crippen LogP contribution in [-0.2, 0) is 11.3 Å². The highest BCUT2D eigenvalue weighted by atomic mass is 16.5. The van der Waals surface area contributed by atoms with Gasteiger partial charge in [-0.25, -0.2) is 0 Å². The van der Waals surface area contributed by atoms with Gasteiger partial charge in [-0.05, 0) is 55.5 Å². The second kappa shape index (κ2) is 8.86. The Balaban J connectivity index is 1.39. The minimum Gasteiger partial charge on any atom is -0.484 e. The summed E-state index contributed by atoms with van der Waals surface area (Å²) in [7, 11) is 0. The normalized spacial score (nSPS) is 15.6. The Morgan fingerprint density at radius 3 is 2.38 bits per heavy atom. The van der Waals surface area contributed by atoms with Crippen molar-refractivity contribution in [1.29, 1.82) is 0 Å². The van der Waals surface area contributed by atoms with Gasteiger partial charge in [0.25, 0.3) is 5.91 Å². The monoisotopic (exact) mass is 352 g/mol. The van der Waals surface area contributed by atoms with E-state index in [0.717, 1.165) is 49.4 Å². The number of aryl methyl sites for hydroxylation is 2. The summed E-state index contributed by atoms with van der Waals surface area (Å²) >= 11 is 0. The molecule has 0 aliphatic carbocycles. The summed E-state index contributed by atoms with van der Waals surface area (Å²) in [6.07, 6.45) is 1.98. The van der Waals surface area contributed by atoms with E-state index in [9.17, 15) is 4.79 Å². The number of piperidine rings is 1. The Labute approximate surface area is 156 Å². The van der Waals surface area contributed by atoms with Gasteiger partial charge in [0.05, 0.1) is 0 Å². The van der Waals surface area contributed by atoms with Gasteiger partial charge in [0.1, 0.15) is 5.75 Å². The van der Waals surface area contributed by atoms with E-state index in [2.05, 4.69) is 40.5 Å². The summed E-state index contributed by atoms with van der Waals surface area (Å²) in [4.78, 5) is 14.6. The molecule has 1 fully saturated rings. The van der Waals surface area contributed by atoms with Crippen LogP contribution >= 0.6 is 0 Å². The molecule has 0 aromatic heterocycles. The Kier molecular flexibility index (Phi) is 6.29. The summed E-state index contributed by atoms with van der Waals surface area (Å²) in [5, 5.41) is 3.11. The molecule has 0 spiro atoms. The van der Waals surface area contributed by atoms with E-state index >= 15 is 0 Å². The van der Waals surface area contributed by atoms with Gasteiger partial charge >= 0.3 is 0 Å². The van der Waals surface area contributed by atoms with E-state index in [1.165, 1.54) is 5.56 Å². The van der Waals surface area contributed by atoms with Crippen LogP contribution in [0.2, 0.25) is 0 Å². The predicted octanol–water partition coefficient (Wildman–Crippen LogP) is 3.46. The Morgan fingerprint density at radius 2 is 1.73 bits per heavy atom. The van der Waals surface area contributed by atoms with Gasteiger partial charge < -0.3 is 10.1 Å². The van der Waals surface area contributed by atoms with Crippen molar-refractivity contribution < 1.29 is 9.53 Å². The average molecular weight is 352 g/mol. The number of likely N-dealkylation sites (tertiary alicyclic amines) is 1. The molecular formula is C22H28N2O2. The molecule has 2 aromatic carbocycles. The second-order valence-corrected chi connectivity index (χ2v) is 7.22. The third kappa shape index (κ3) is 5.60. The zero-order chi connectivity index (χ0) is 18.4. The average Bonchev–Trinajstić information content (AvgIpc) is 2.62. The molecule has 1 aliphatic rings. The molecule has 26 heavy (non-hydrogen) atoms. The lowest BCUT2D eigenvalue weighted by Crippen LogP contribution is -2.45. The van der Waals surface area contributed by atoms with E-state index in [4.69, 9.17) is 4.74 Å². The van der Waals surface area contributed by atoms with Gasteiger partial charge in [0.15, 0.2) is 6.61 Å². The molecule has 1 amide bonds. The van der Waals surface area contributed by atoms with Crippen LogP contribution in [0.4, 0.5) is 0 Å². The van der Waals surface area contributed by atoms with Gasteiger partial charge in [0, 0.05) is 25.7 Å². The standard InChI is InChI=1S/C22H28N2O2/c1-17-12-18(2)14-21(13-17)26-16-22(25)23-20-8-10-24(11-9-20)15-19-6-4-3-5-7-19/h3-7,12-14,20H,8-11,15-16H2,1-2H3,(H,23,25). The molecule has 1 N–H and O–H groups in total. The number of carbonyl (C=O) groups is 1. The number of benzene rings is 2. The van der Waals surface area contributed by atoms with Crippen molar-refractivity contribution >= 4 is 5.91 Å². The molecule has 1 aliphatic heterocycles. The van der Waals surface area contributed by atoms with Crippen LogP contribution < -0.4 is 10.1 Å². The Morgan fingerprint density at radius 1 is 1.08 bits per heavy atom. The smallest absolute Gasteiger partial charge is 0.258 e. The topological polar surface area (TPSA) is 41.6 Å². The van der Waals surface area contributed by atoms with Crippen molar-refractivity contribution in [2.75, 3.05) is 19.7 Å². The highest BCUT2D eigenvalue weighted by Crippen LogP contribution is 2.16. The molecule has 1 heterocycles. The third-order valence-electron chi connectivity index (χ3n) is 4.77. The number of nitrogens with one attached hydrogen (secondary N) is 1. The Bertz CT molecular complexity index is 702. The molecule has 4 heteroatoms. The van der Waals surface area contributed by atoms with E-state index in [1.807, 2.05) is 32.0 Å². The highest BCUT2D eigenvalue weighted by molar-refractivity contribution is 5.77. The molecule has 3 rings (SSSR count). The maximum Gasteiger partial charge on any atom is 0.258 e. The number of carbonyl (C=O) groups excluding carboxylic acids is 1. The van der Waals surface area contributed by atoms with Gasteiger partial charge in [-0.15, -0.1) is 0 Å². The van der Waals surface area contributed by atoms with Crippen LogP contribution in [-0.4, -0.2) is 36.5 Å². The van der Waals surface area contributed by atoms with E-state index in [0.29, 0.717) is 0 Å². The fourth-order valence-electron chi connectivity index (χ4n) is 3.51. The van der Waals surface area contributed by atoms with Crippen molar-refractivity contribution in [1.82, 2.24) is 10.2 Å². The number of hydrogen-bond donors (Lipinski definition) is 1. The first-order chi connectivity index (χ1) is 12.6. The highest BCUT2D eigenvalue weighted by Gasteiger charge is 2.20. The first-order valence-corrected chi connectivity index (χ1v) is 9.35. The van der Waals surface area contributed by atoms with Gasteiger partial charge in [-0.2, -0.15) is 0 Å². The molecule has 0 unspecified atom stereocenters. The molecule has 0 atom stereocenters. The summed E-state index contributed by atoms with van der Waals surface area (Å²) in [5.74, 6) is 0.723. The van der Waals surface area contributed by atoms with Crippen molar-refractivity contribution in [3.63, 3.8) is 0 Å². The summed E-state index contributed by atoms with van der Waals surface area (Å²) in [5.41, 5.74) is 3.63. The van der Waals surface area contributed by atoms with Crippen LogP contribution in [0.3, 0.4) is 0 Å². The number of nitrogens with zero attached hydrogens (tertiary/aromatic N) is 1. The summed E-state index contributed by atoms with van der Waals surface area (Å²) in [6.45, 7) is 7.15. The van der Waals surface area contributed by atoms with Crippen LogP contribution in [0, 0.1) is 13.8 Å². The lowest BCUT2D eigenvalue weighted by Gasteiger charge is -2.32. The van der Waals surface area contributed by atoms with Crippen LogP contribution in [0.1, 0.15) is 29.5 Å². The van der Waals surface area contributed by atoms with E-state index in [-0.39, 0.29) is 18.6 Å². The fraction of sp³-hybridized carbons (Fsp3) is 0.409. The third-order valence-corrected chi connectivity index (χ3v) is 4.77. The SMILES string of the molecule is Cc1cc(C)cc(OCC(=O)NC2CCN(Cc3ccccc3)CC2)c1. The molecule has 2 aromatic rings. The van der Waals surface area contributed by atoms with Crippen molar-refractivity contribution in [3.8, 4) is 5.75 Å². The minimum absolute atomic E-state index is 0.0364. The number of rotatable bonds is 6. The Hall–Kier alpha value is -2.33. The fourth-order valence-corrected chi connectivity index (χ4v) is 3.51. The second-order valence-electron chi connectivity index (χ2n) is 7.22. The van der Waals surface area contributed by atoms with Crippen molar-refractivity contribution in [3.05, 3.63) is 65.2 Å². The van der Waals surface area contributed by atoms with Gasteiger partial charge in [-0.3, -0.25) is 9.69 Å². The zero-order valence-electron chi connectivity index (χ0n) is 15.7. The number of ether oxygens (including phenoxy) is 1. The summed E-state index contributed by atoms with van der Waals surface area (Å²) < 4.78 is 5.65. The largest absolute Gasteiger partial charge is 0.484 e. The maximum absolute atomic E-state index is 12.2. The van der Waals surface area contributed by atoms with E-state index < -0.39 is 0 Å². The zero-order valence-corrected chi connectivity index (χ0v) is 15.7. The predicted molar refractivity (Wildman–Crippen MR) is 104 cm³/mol. The van der Waals surface area contributed by atoms with Crippen molar-refractivity contribution in [2.45, 2.75) is 39.3 Å². The summed E-state index contributed by atoms with van der Waals surface area (Å²) in [6, 6.07) is 16.8. The minimum atomic E-state index is -0.0364. The lowest BCUT2D eigenvalue weighted by atomic mass is 10.0. The van der Waals surface area contributed by atoms with Crippen molar-refractivity contribution in [2.24, 2.45) is 0 Å². The molecule has 0 radical (unpaired) electrons. The van der Waals surface area contributed by atoms with Crippen LogP contribution in [0.15, 0.2) is 48.5 Å². The molecular weight excluding hydrogens is 324 g/mol. The van der Waals surface area contributed by atoms with Crippen LogP contribution in [0.5, 0.6) is 5.75 Å². The number of amides is 1. The van der Waals surface area contributed by atoms with Gasteiger partial charge in [0.2, 0.25) is 0 Å². The lowest BCUT2D eigenvalue weighted by molar-refractivity contribution is -0.124. The van der Waals surface area contributed by atoms with Gasteiger partial charge in [-0.1, -0.05) is 36.4 Å². The first-order valence-electron chi connectivity index (χ1n) is 9.35. The molecule has 1 saturated heterocycles. The van der Waals surface area contributed by atoms with Crippen LogP contribution in [0.25, 0.3) is 0 Å². The molecule has 138 valence electrons. The molecule has 0 saturated carbocycles.